The van der Waals surface area contributed by atoms with Crippen molar-refractivity contribution in [1.82, 2.24) is 15.6 Å². The van der Waals surface area contributed by atoms with Gasteiger partial charge in [-0.25, -0.2) is 4.98 Å². The van der Waals surface area contributed by atoms with Gasteiger partial charge in [-0.1, -0.05) is 6.92 Å². The van der Waals surface area contributed by atoms with Gasteiger partial charge in [0.1, 0.15) is 5.82 Å². The first-order valence-corrected chi connectivity index (χ1v) is 6.37. The molecular formula is C13H20N4O3. The summed E-state index contributed by atoms with van der Waals surface area (Å²) in [6.07, 6.45) is 0.683. The predicted octanol–water partition coefficient (Wildman–Crippen LogP) is -0.281. The molecule has 0 saturated heterocycles. The van der Waals surface area contributed by atoms with Gasteiger partial charge in [-0.15, -0.1) is 0 Å². The van der Waals surface area contributed by atoms with Crippen LogP contribution in [0.3, 0.4) is 0 Å². The molecule has 4 N–H and O–H groups in total. The molecule has 0 bridgehead atoms. The van der Waals surface area contributed by atoms with Crippen LogP contribution >= 0.6 is 0 Å². The first kappa shape index (κ1) is 15.9. The Labute approximate surface area is 117 Å². The van der Waals surface area contributed by atoms with Gasteiger partial charge in [-0.3, -0.25) is 9.59 Å². The van der Waals surface area contributed by atoms with Crippen molar-refractivity contribution in [2.75, 3.05) is 32.5 Å². The van der Waals surface area contributed by atoms with Crippen LogP contribution in [0.5, 0.6) is 0 Å². The van der Waals surface area contributed by atoms with E-state index in [1.807, 2.05) is 6.92 Å². The quantitative estimate of drug-likeness (QED) is 0.595. The second-order valence-corrected chi connectivity index (χ2v) is 4.15. The first-order chi connectivity index (χ1) is 9.56. The van der Waals surface area contributed by atoms with Crippen LogP contribution < -0.4 is 16.4 Å². The van der Waals surface area contributed by atoms with E-state index in [0.717, 1.165) is 5.69 Å². The SMILES string of the molecule is CCc1cc(C(=O)NCC(=O)NCCOC)cc(N)n1. The van der Waals surface area contributed by atoms with Gasteiger partial charge < -0.3 is 21.1 Å². The number of anilines is 1. The van der Waals surface area contributed by atoms with E-state index in [1.54, 1.807) is 13.2 Å². The van der Waals surface area contributed by atoms with Crippen LogP contribution in [0.1, 0.15) is 23.0 Å². The molecule has 0 radical (unpaired) electrons. The monoisotopic (exact) mass is 280 g/mol. The summed E-state index contributed by atoms with van der Waals surface area (Å²) in [6.45, 7) is 2.67. The minimum absolute atomic E-state index is 0.0910. The fourth-order valence-corrected chi connectivity index (χ4v) is 1.54. The average Bonchev–Trinajstić information content (AvgIpc) is 2.44. The standard InChI is InChI=1S/C13H20N4O3/c1-3-10-6-9(7-11(14)17-10)13(19)16-8-12(18)15-4-5-20-2/h6-7H,3-5,8H2,1-2H3,(H2,14,17)(H,15,18)(H,16,19). The molecule has 2 amide bonds. The van der Waals surface area contributed by atoms with Crippen LogP contribution in [0.25, 0.3) is 0 Å². The predicted molar refractivity (Wildman–Crippen MR) is 75.2 cm³/mol. The average molecular weight is 280 g/mol. The topological polar surface area (TPSA) is 106 Å². The lowest BCUT2D eigenvalue weighted by Crippen LogP contribution is -2.38. The molecule has 0 spiro atoms. The fourth-order valence-electron chi connectivity index (χ4n) is 1.54. The maximum Gasteiger partial charge on any atom is 0.251 e. The van der Waals surface area contributed by atoms with E-state index >= 15 is 0 Å². The number of carbonyl (C=O) groups excluding carboxylic acids is 2. The van der Waals surface area contributed by atoms with Crippen molar-refractivity contribution in [3.8, 4) is 0 Å². The van der Waals surface area contributed by atoms with Crippen molar-refractivity contribution >= 4 is 17.6 Å². The molecule has 0 saturated carbocycles. The van der Waals surface area contributed by atoms with Crippen molar-refractivity contribution in [3.05, 3.63) is 23.4 Å². The third-order valence-corrected chi connectivity index (χ3v) is 2.56. The highest BCUT2D eigenvalue weighted by molar-refractivity contribution is 5.97. The Bertz CT molecular complexity index is 477. The van der Waals surface area contributed by atoms with E-state index in [4.69, 9.17) is 10.5 Å². The molecule has 0 aliphatic heterocycles. The van der Waals surface area contributed by atoms with Crippen molar-refractivity contribution in [2.45, 2.75) is 13.3 Å². The summed E-state index contributed by atoms with van der Waals surface area (Å²) in [4.78, 5) is 27.4. The molecule has 0 aliphatic rings. The number of aromatic nitrogens is 1. The molecule has 0 unspecified atom stereocenters. The maximum atomic E-state index is 11.9. The molecule has 1 heterocycles. The number of hydrogen-bond donors (Lipinski definition) is 3. The van der Waals surface area contributed by atoms with Crippen molar-refractivity contribution in [2.24, 2.45) is 0 Å². The Hall–Kier alpha value is -2.15. The third kappa shape index (κ3) is 5.23. The molecule has 20 heavy (non-hydrogen) atoms. The van der Waals surface area contributed by atoms with E-state index in [-0.39, 0.29) is 18.4 Å². The van der Waals surface area contributed by atoms with Crippen LogP contribution in [-0.4, -0.2) is 43.6 Å². The second-order valence-electron chi connectivity index (χ2n) is 4.15. The number of methoxy groups -OCH3 is 1. The van der Waals surface area contributed by atoms with Gasteiger partial charge in [-0.2, -0.15) is 0 Å². The number of carbonyl (C=O) groups is 2. The number of hydrogen-bond acceptors (Lipinski definition) is 5. The highest BCUT2D eigenvalue weighted by atomic mass is 16.5. The molecule has 7 heteroatoms. The Kier molecular flexibility index (Phi) is 6.45. The minimum atomic E-state index is -0.351. The highest BCUT2D eigenvalue weighted by Crippen LogP contribution is 2.08. The number of nitrogens with zero attached hydrogens (tertiary/aromatic N) is 1. The molecule has 0 aromatic carbocycles. The zero-order valence-electron chi connectivity index (χ0n) is 11.7. The normalized spacial score (nSPS) is 10.1. The van der Waals surface area contributed by atoms with E-state index in [9.17, 15) is 9.59 Å². The van der Waals surface area contributed by atoms with Gasteiger partial charge in [0, 0.05) is 24.9 Å². The van der Waals surface area contributed by atoms with Gasteiger partial charge in [0.05, 0.1) is 13.2 Å². The molecule has 1 aromatic rings. The Balaban J connectivity index is 2.50. The third-order valence-electron chi connectivity index (χ3n) is 2.56. The fraction of sp³-hybridized carbons (Fsp3) is 0.462. The van der Waals surface area contributed by atoms with E-state index in [0.29, 0.717) is 31.0 Å². The Morgan fingerprint density at radius 1 is 1.35 bits per heavy atom. The van der Waals surface area contributed by atoms with Crippen molar-refractivity contribution in [3.63, 3.8) is 0 Å². The summed E-state index contributed by atoms with van der Waals surface area (Å²) in [6, 6.07) is 3.14. The van der Waals surface area contributed by atoms with E-state index in [1.165, 1.54) is 6.07 Å². The van der Waals surface area contributed by atoms with Gasteiger partial charge in [0.25, 0.3) is 5.91 Å². The number of nitrogens with two attached hydrogens (primary N) is 1. The van der Waals surface area contributed by atoms with Crippen molar-refractivity contribution in [1.29, 1.82) is 0 Å². The minimum Gasteiger partial charge on any atom is -0.384 e. The van der Waals surface area contributed by atoms with Gasteiger partial charge in [0.2, 0.25) is 5.91 Å². The second kappa shape index (κ2) is 8.11. The van der Waals surface area contributed by atoms with Crippen LogP contribution in [0, 0.1) is 0 Å². The lowest BCUT2D eigenvalue weighted by atomic mass is 10.2. The van der Waals surface area contributed by atoms with Gasteiger partial charge in [-0.05, 0) is 18.6 Å². The molecule has 110 valence electrons. The van der Waals surface area contributed by atoms with Crippen LogP contribution in [0.15, 0.2) is 12.1 Å². The molecule has 1 rings (SSSR count). The largest absolute Gasteiger partial charge is 0.384 e. The number of rotatable bonds is 7. The number of nitrogens with one attached hydrogen (secondary N) is 2. The smallest absolute Gasteiger partial charge is 0.251 e. The molecule has 0 fully saturated rings. The summed E-state index contributed by atoms with van der Waals surface area (Å²) >= 11 is 0. The number of nitrogen functional groups attached to an aromatic ring is 1. The zero-order chi connectivity index (χ0) is 15.0. The lowest BCUT2D eigenvalue weighted by molar-refractivity contribution is -0.120. The number of amides is 2. The number of aryl methyl sites for hydroxylation is 1. The number of ether oxygens (including phenoxy) is 1. The summed E-state index contributed by atoms with van der Waals surface area (Å²) < 4.78 is 4.80. The van der Waals surface area contributed by atoms with E-state index < -0.39 is 0 Å². The maximum absolute atomic E-state index is 11.9. The molecule has 0 atom stereocenters. The van der Waals surface area contributed by atoms with Crippen LogP contribution in [0.2, 0.25) is 0 Å². The summed E-state index contributed by atoms with van der Waals surface area (Å²) in [7, 11) is 1.55. The Morgan fingerprint density at radius 3 is 2.75 bits per heavy atom. The summed E-state index contributed by atoms with van der Waals surface area (Å²) in [5, 5.41) is 5.14. The van der Waals surface area contributed by atoms with Crippen LogP contribution in [0.4, 0.5) is 5.82 Å². The van der Waals surface area contributed by atoms with E-state index in [2.05, 4.69) is 15.6 Å². The van der Waals surface area contributed by atoms with Crippen molar-refractivity contribution < 1.29 is 14.3 Å². The van der Waals surface area contributed by atoms with Gasteiger partial charge >= 0.3 is 0 Å². The molecular weight excluding hydrogens is 260 g/mol. The summed E-state index contributed by atoms with van der Waals surface area (Å²) in [5.74, 6) is -0.331. The number of pyridine rings is 1. The van der Waals surface area contributed by atoms with Crippen LogP contribution in [-0.2, 0) is 16.0 Å². The Morgan fingerprint density at radius 2 is 2.10 bits per heavy atom. The zero-order valence-corrected chi connectivity index (χ0v) is 11.7. The molecule has 0 aliphatic carbocycles. The van der Waals surface area contributed by atoms with Gasteiger partial charge in [0.15, 0.2) is 0 Å². The summed E-state index contributed by atoms with van der Waals surface area (Å²) in [5.41, 5.74) is 6.76. The highest BCUT2D eigenvalue weighted by Gasteiger charge is 2.10. The first-order valence-electron chi connectivity index (χ1n) is 6.37. The molecule has 1 aromatic heterocycles. The molecule has 7 nitrogen and oxygen atoms in total. The lowest BCUT2D eigenvalue weighted by Gasteiger charge is -2.08.